The highest BCUT2D eigenvalue weighted by molar-refractivity contribution is 5.76. The van der Waals surface area contributed by atoms with Gasteiger partial charge in [0.1, 0.15) is 5.82 Å². The number of benzene rings is 2. The first-order valence-corrected chi connectivity index (χ1v) is 7.69. The second kappa shape index (κ2) is 6.32. The average Bonchev–Trinajstić information content (AvgIpc) is 2.55. The van der Waals surface area contributed by atoms with Gasteiger partial charge < -0.3 is 10.2 Å². The highest BCUT2D eigenvalue weighted by Crippen LogP contribution is 2.35. The van der Waals surface area contributed by atoms with E-state index in [9.17, 15) is 9.18 Å². The molecule has 1 aliphatic heterocycles. The van der Waals surface area contributed by atoms with E-state index in [2.05, 4.69) is 11.4 Å². The van der Waals surface area contributed by atoms with Gasteiger partial charge in [-0.15, -0.1) is 0 Å². The molecule has 4 heteroatoms. The lowest BCUT2D eigenvalue weighted by atomic mass is 9.93. The van der Waals surface area contributed by atoms with E-state index in [1.54, 1.807) is 24.3 Å². The van der Waals surface area contributed by atoms with E-state index in [1.165, 1.54) is 19.1 Å². The van der Waals surface area contributed by atoms with Gasteiger partial charge in [-0.2, -0.15) is 0 Å². The van der Waals surface area contributed by atoms with Gasteiger partial charge >= 0.3 is 0 Å². The third-order valence-electron chi connectivity index (χ3n) is 3.92. The van der Waals surface area contributed by atoms with Crippen LogP contribution in [0.3, 0.4) is 0 Å². The molecule has 3 nitrogen and oxygen atoms in total. The van der Waals surface area contributed by atoms with Crippen LogP contribution in [-0.2, 0) is 10.5 Å². The molecule has 1 heterocycles. The van der Waals surface area contributed by atoms with Crippen LogP contribution in [0.25, 0.3) is 0 Å². The van der Waals surface area contributed by atoms with Crippen molar-refractivity contribution in [2.45, 2.75) is 19.5 Å². The van der Waals surface area contributed by atoms with Crippen LogP contribution in [0.15, 0.2) is 66.9 Å². The van der Waals surface area contributed by atoms with Gasteiger partial charge in [-0.3, -0.25) is 4.79 Å². The van der Waals surface area contributed by atoms with Gasteiger partial charge in [0.25, 0.3) is 0 Å². The number of nitrogens with zero attached hydrogens (tertiary/aromatic N) is 1. The topological polar surface area (TPSA) is 32.3 Å². The highest BCUT2D eigenvalue weighted by atomic mass is 19.1. The Morgan fingerprint density at radius 1 is 1.21 bits per heavy atom. The van der Waals surface area contributed by atoms with Crippen molar-refractivity contribution in [1.29, 1.82) is 0 Å². The minimum atomic E-state index is -0.956. The number of amides is 1. The molecule has 0 aromatic heterocycles. The number of hydrogen-bond donors (Lipinski definition) is 1. The molecule has 0 aliphatic carbocycles. The molecule has 1 unspecified atom stereocenters. The Morgan fingerprint density at radius 2 is 1.96 bits per heavy atom. The summed E-state index contributed by atoms with van der Waals surface area (Å²) in [6.07, 6.45) is 8.47. The first kappa shape index (κ1) is 16.0. The van der Waals surface area contributed by atoms with Crippen LogP contribution in [0, 0.1) is 18.8 Å². The molecule has 0 saturated carbocycles. The Morgan fingerprint density at radius 3 is 2.62 bits per heavy atom. The van der Waals surface area contributed by atoms with E-state index in [1.807, 2.05) is 42.3 Å². The molecule has 3 rings (SSSR count). The number of carbonyl (C=O) groups is 1. The molecule has 1 radical (unpaired) electrons. The van der Waals surface area contributed by atoms with Crippen LogP contribution in [0.1, 0.15) is 18.1 Å². The molecule has 121 valence electrons. The van der Waals surface area contributed by atoms with Crippen LogP contribution >= 0.6 is 0 Å². The summed E-state index contributed by atoms with van der Waals surface area (Å²) in [6.45, 7) is 3.48. The molecule has 0 fully saturated rings. The second-order valence-corrected chi connectivity index (χ2v) is 5.79. The lowest BCUT2D eigenvalue weighted by Gasteiger charge is -2.43. The van der Waals surface area contributed by atoms with Gasteiger partial charge in [0.2, 0.25) is 5.91 Å². The Bertz CT molecular complexity index is 811. The summed E-state index contributed by atoms with van der Waals surface area (Å²) in [5, 5.41) is 2.99. The Labute approximate surface area is 141 Å². The molecule has 1 N–H and O–H groups in total. The zero-order chi connectivity index (χ0) is 17.2. The van der Waals surface area contributed by atoms with E-state index in [0.717, 1.165) is 16.8 Å². The SMILES string of the molecule is CC(=O)NC1(c2ccc(F)cc2)C=[C]C=CN1c1cccc(C)c1. The van der Waals surface area contributed by atoms with Crippen molar-refractivity contribution in [3.05, 3.63) is 89.9 Å². The Hall–Kier alpha value is -2.88. The zero-order valence-electron chi connectivity index (χ0n) is 13.6. The number of aryl methyl sites for hydroxylation is 1. The number of hydrogen-bond acceptors (Lipinski definition) is 2. The molecule has 2 aromatic rings. The van der Waals surface area contributed by atoms with Gasteiger partial charge in [-0.25, -0.2) is 4.39 Å². The molecular weight excluding hydrogens is 303 g/mol. The van der Waals surface area contributed by atoms with Crippen LogP contribution in [0.5, 0.6) is 0 Å². The first-order chi connectivity index (χ1) is 11.5. The third-order valence-corrected chi connectivity index (χ3v) is 3.92. The zero-order valence-corrected chi connectivity index (χ0v) is 13.6. The van der Waals surface area contributed by atoms with Gasteiger partial charge in [0, 0.05) is 24.4 Å². The summed E-state index contributed by atoms with van der Waals surface area (Å²) in [5.41, 5.74) is 1.82. The molecule has 0 saturated heterocycles. The van der Waals surface area contributed by atoms with Crippen molar-refractivity contribution in [1.82, 2.24) is 5.32 Å². The summed E-state index contributed by atoms with van der Waals surface area (Å²) in [6, 6.07) is 14.1. The Balaban J connectivity index is 2.17. The van der Waals surface area contributed by atoms with Crippen LogP contribution < -0.4 is 10.2 Å². The summed E-state index contributed by atoms with van der Waals surface area (Å²) in [7, 11) is 0. The first-order valence-electron chi connectivity index (χ1n) is 7.69. The number of nitrogens with one attached hydrogen (secondary N) is 1. The maximum atomic E-state index is 13.4. The quantitative estimate of drug-likeness (QED) is 0.932. The number of allylic oxidation sites excluding steroid dienone is 2. The minimum absolute atomic E-state index is 0.190. The van der Waals surface area contributed by atoms with E-state index in [0.29, 0.717) is 0 Å². The fourth-order valence-corrected chi connectivity index (χ4v) is 2.90. The van der Waals surface area contributed by atoms with Crippen molar-refractivity contribution in [3.8, 4) is 0 Å². The number of carbonyl (C=O) groups excluding carboxylic acids is 1. The normalized spacial score (nSPS) is 19.4. The van der Waals surface area contributed by atoms with Crippen molar-refractivity contribution in [2.75, 3.05) is 4.90 Å². The second-order valence-electron chi connectivity index (χ2n) is 5.79. The summed E-state index contributed by atoms with van der Waals surface area (Å²) in [4.78, 5) is 13.9. The lowest BCUT2D eigenvalue weighted by molar-refractivity contribution is -0.120. The number of halogens is 1. The van der Waals surface area contributed by atoms with Crippen LogP contribution in [-0.4, -0.2) is 5.91 Å². The van der Waals surface area contributed by atoms with Gasteiger partial charge in [-0.1, -0.05) is 24.3 Å². The maximum Gasteiger partial charge on any atom is 0.219 e. The van der Waals surface area contributed by atoms with Crippen LogP contribution in [0.2, 0.25) is 0 Å². The predicted molar refractivity (Wildman–Crippen MR) is 92.5 cm³/mol. The van der Waals surface area contributed by atoms with Gasteiger partial charge in [0.05, 0.1) is 0 Å². The summed E-state index contributed by atoms with van der Waals surface area (Å²) >= 11 is 0. The molecule has 0 bridgehead atoms. The van der Waals surface area contributed by atoms with Crippen molar-refractivity contribution < 1.29 is 9.18 Å². The van der Waals surface area contributed by atoms with Crippen molar-refractivity contribution in [3.63, 3.8) is 0 Å². The molecule has 0 spiro atoms. The fraction of sp³-hybridized carbons (Fsp3) is 0.150. The lowest BCUT2D eigenvalue weighted by Crippen LogP contribution is -2.55. The monoisotopic (exact) mass is 321 g/mol. The fourth-order valence-electron chi connectivity index (χ4n) is 2.90. The van der Waals surface area contributed by atoms with Crippen molar-refractivity contribution >= 4 is 11.6 Å². The minimum Gasteiger partial charge on any atom is -0.326 e. The molecule has 1 aliphatic rings. The van der Waals surface area contributed by atoms with E-state index >= 15 is 0 Å². The molecule has 2 aromatic carbocycles. The highest BCUT2D eigenvalue weighted by Gasteiger charge is 2.38. The molecule has 1 amide bonds. The number of rotatable bonds is 3. The molecule has 1 atom stereocenters. The Kier molecular flexibility index (Phi) is 4.21. The van der Waals surface area contributed by atoms with E-state index in [4.69, 9.17) is 0 Å². The maximum absolute atomic E-state index is 13.4. The van der Waals surface area contributed by atoms with E-state index in [-0.39, 0.29) is 11.7 Å². The van der Waals surface area contributed by atoms with E-state index < -0.39 is 5.66 Å². The summed E-state index contributed by atoms with van der Waals surface area (Å²) in [5.74, 6) is -0.511. The average molecular weight is 321 g/mol. The van der Waals surface area contributed by atoms with Gasteiger partial charge in [0.15, 0.2) is 5.66 Å². The standard InChI is InChI=1S/C20H18FN2O/c1-15-6-5-7-19(14-15)23-13-4-3-12-20(23,22-16(2)24)17-8-10-18(21)11-9-17/h4-14H,1-2H3,(H,22,24). The summed E-state index contributed by atoms with van der Waals surface area (Å²) < 4.78 is 13.4. The van der Waals surface area contributed by atoms with Crippen LogP contribution in [0.4, 0.5) is 10.1 Å². The predicted octanol–water partition coefficient (Wildman–Crippen LogP) is 3.82. The molecule has 24 heavy (non-hydrogen) atoms. The van der Waals surface area contributed by atoms with Crippen molar-refractivity contribution in [2.24, 2.45) is 0 Å². The third kappa shape index (κ3) is 2.95. The number of anilines is 1. The van der Waals surface area contributed by atoms with Gasteiger partial charge in [-0.05, 0) is 55.0 Å². The smallest absolute Gasteiger partial charge is 0.219 e. The molecular formula is C20H18FN2O. The largest absolute Gasteiger partial charge is 0.326 e.